The maximum absolute atomic E-state index is 12.8. The molecular formula is C13H18N2O4S2. The predicted octanol–water partition coefficient (Wildman–Crippen LogP) is 1.18. The van der Waals surface area contributed by atoms with E-state index in [1.54, 1.807) is 11.8 Å². The summed E-state index contributed by atoms with van der Waals surface area (Å²) in [6.45, 7) is 0.882. The number of nitrogens with zero attached hydrogens (tertiary/aromatic N) is 1. The number of esters is 1. The minimum absolute atomic E-state index is 0.0172. The highest BCUT2D eigenvalue weighted by atomic mass is 32.2. The zero-order valence-electron chi connectivity index (χ0n) is 11.7. The van der Waals surface area contributed by atoms with E-state index in [9.17, 15) is 13.2 Å². The first-order valence-electron chi connectivity index (χ1n) is 6.52. The van der Waals surface area contributed by atoms with Gasteiger partial charge in [0.25, 0.3) is 0 Å². The fourth-order valence-corrected chi connectivity index (χ4v) is 4.83. The normalized spacial score (nSPS) is 17.2. The van der Waals surface area contributed by atoms with Gasteiger partial charge >= 0.3 is 5.97 Å². The van der Waals surface area contributed by atoms with Gasteiger partial charge in [-0.15, -0.1) is 0 Å². The van der Waals surface area contributed by atoms with Gasteiger partial charge in [0.05, 0.1) is 17.6 Å². The van der Waals surface area contributed by atoms with Crippen LogP contribution in [0.2, 0.25) is 0 Å². The van der Waals surface area contributed by atoms with Crippen LogP contribution in [0.4, 0.5) is 5.69 Å². The largest absolute Gasteiger partial charge is 0.465 e. The van der Waals surface area contributed by atoms with Crippen LogP contribution >= 0.6 is 11.8 Å². The number of nitrogen functional groups attached to an aromatic ring is 1. The molecule has 21 heavy (non-hydrogen) atoms. The molecule has 2 N–H and O–H groups in total. The van der Waals surface area contributed by atoms with Gasteiger partial charge in [0, 0.05) is 24.5 Å². The number of ether oxygens (including phenoxy) is 1. The van der Waals surface area contributed by atoms with E-state index in [1.807, 2.05) is 0 Å². The molecule has 6 nitrogen and oxygen atoms in total. The van der Waals surface area contributed by atoms with Crippen molar-refractivity contribution < 1.29 is 17.9 Å². The van der Waals surface area contributed by atoms with Crippen LogP contribution in [0, 0.1) is 0 Å². The van der Waals surface area contributed by atoms with Crippen molar-refractivity contribution in [3.8, 4) is 0 Å². The van der Waals surface area contributed by atoms with Crippen molar-refractivity contribution in [3.63, 3.8) is 0 Å². The first-order valence-corrected chi connectivity index (χ1v) is 9.12. The number of carbonyl (C=O) groups is 1. The molecule has 0 unspecified atom stereocenters. The van der Waals surface area contributed by atoms with Crippen molar-refractivity contribution >= 4 is 33.4 Å². The van der Waals surface area contributed by atoms with Crippen molar-refractivity contribution in [3.05, 3.63) is 23.8 Å². The number of methoxy groups -OCH3 is 1. The predicted molar refractivity (Wildman–Crippen MR) is 82.9 cm³/mol. The van der Waals surface area contributed by atoms with Gasteiger partial charge in [0.15, 0.2) is 0 Å². The molecule has 1 aromatic carbocycles. The minimum atomic E-state index is -3.75. The number of thioether (sulfide) groups is 1. The SMILES string of the molecule is COC(=O)c1ccc(N)cc1S(=O)(=O)N1CCCSCC1. The molecule has 0 radical (unpaired) electrons. The highest BCUT2D eigenvalue weighted by Gasteiger charge is 2.30. The second-order valence-corrected chi connectivity index (χ2v) is 7.75. The molecule has 2 rings (SSSR count). The summed E-state index contributed by atoms with van der Waals surface area (Å²) in [4.78, 5) is 11.7. The van der Waals surface area contributed by atoms with Gasteiger partial charge in [0.2, 0.25) is 10.0 Å². The number of hydrogen-bond donors (Lipinski definition) is 1. The maximum Gasteiger partial charge on any atom is 0.339 e. The van der Waals surface area contributed by atoms with E-state index >= 15 is 0 Å². The third kappa shape index (κ3) is 3.50. The number of benzene rings is 1. The lowest BCUT2D eigenvalue weighted by Gasteiger charge is -2.21. The first-order chi connectivity index (χ1) is 9.96. The molecule has 0 saturated carbocycles. The summed E-state index contributed by atoms with van der Waals surface area (Å²) in [5.74, 6) is 1.000. The van der Waals surface area contributed by atoms with E-state index in [1.165, 1.54) is 29.6 Å². The molecule has 1 aromatic rings. The molecule has 0 atom stereocenters. The molecule has 0 bridgehead atoms. The summed E-state index contributed by atoms with van der Waals surface area (Å²) in [6.07, 6.45) is 0.791. The smallest absolute Gasteiger partial charge is 0.339 e. The summed E-state index contributed by atoms with van der Waals surface area (Å²) >= 11 is 1.73. The van der Waals surface area contributed by atoms with E-state index in [4.69, 9.17) is 5.73 Å². The van der Waals surface area contributed by atoms with Crippen molar-refractivity contribution in [2.75, 3.05) is 37.4 Å². The Morgan fingerprint density at radius 3 is 2.81 bits per heavy atom. The molecule has 1 saturated heterocycles. The van der Waals surface area contributed by atoms with Gasteiger partial charge in [-0.2, -0.15) is 16.1 Å². The van der Waals surface area contributed by atoms with Crippen molar-refractivity contribution in [1.29, 1.82) is 0 Å². The monoisotopic (exact) mass is 330 g/mol. The molecule has 116 valence electrons. The number of hydrogen-bond acceptors (Lipinski definition) is 6. The van der Waals surface area contributed by atoms with Crippen LogP contribution in [0.25, 0.3) is 0 Å². The topological polar surface area (TPSA) is 89.7 Å². The van der Waals surface area contributed by atoms with Crippen LogP contribution in [-0.4, -0.2) is 50.4 Å². The van der Waals surface area contributed by atoms with Crippen LogP contribution in [-0.2, 0) is 14.8 Å². The average molecular weight is 330 g/mol. The lowest BCUT2D eigenvalue weighted by molar-refractivity contribution is 0.0596. The van der Waals surface area contributed by atoms with Crippen molar-refractivity contribution in [2.24, 2.45) is 0 Å². The fraction of sp³-hybridized carbons (Fsp3) is 0.462. The Morgan fingerprint density at radius 1 is 1.33 bits per heavy atom. The Balaban J connectivity index is 2.47. The maximum atomic E-state index is 12.8. The van der Waals surface area contributed by atoms with Gasteiger partial charge in [-0.1, -0.05) is 0 Å². The zero-order chi connectivity index (χ0) is 15.5. The molecule has 1 aliphatic heterocycles. The number of carbonyl (C=O) groups excluding carboxylic acids is 1. The van der Waals surface area contributed by atoms with Gasteiger partial charge in [-0.3, -0.25) is 0 Å². The van der Waals surface area contributed by atoms with Crippen LogP contribution in [0.1, 0.15) is 16.8 Å². The number of rotatable bonds is 3. The van der Waals surface area contributed by atoms with E-state index in [0.29, 0.717) is 18.8 Å². The molecule has 1 heterocycles. The molecule has 1 aliphatic rings. The van der Waals surface area contributed by atoms with E-state index in [0.717, 1.165) is 17.9 Å². The van der Waals surface area contributed by atoms with E-state index in [-0.39, 0.29) is 10.5 Å². The van der Waals surface area contributed by atoms with E-state index < -0.39 is 16.0 Å². The van der Waals surface area contributed by atoms with Crippen molar-refractivity contribution in [1.82, 2.24) is 4.31 Å². The standard InChI is InChI=1S/C13H18N2O4S2/c1-19-13(16)11-4-3-10(14)9-12(11)21(17,18)15-5-2-7-20-8-6-15/h3-4,9H,2,5-8,14H2,1H3. The third-order valence-corrected chi connectivity index (χ3v) is 6.20. The highest BCUT2D eigenvalue weighted by molar-refractivity contribution is 7.99. The van der Waals surface area contributed by atoms with Gasteiger partial charge in [0.1, 0.15) is 0 Å². The van der Waals surface area contributed by atoms with Gasteiger partial charge in [-0.05, 0) is 30.4 Å². The number of anilines is 1. The van der Waals surface area contributed by atoms with Gasteiger partial charge < -0.3 is 10.5 Å². The Labute approximate surface area is 128 Å². The van der Waals surface area contributed by atoms with Crippen LogP contribution in [0.3, 0.4) is 0 Å². The zero-order valence-corrected chi connectivity index (χ0v) is 13.4. The Kier molecular flexibility index (Phi) is 5.13. The lowest BCUT2D eigenvalue weighted by atomic mass is 10.2. The third-order valence-electron chi connectivity index (χ3n) is 3.21. The molecule has 8 heteroatoms. The summed E-state index contributed by atoms with van der Waals surface area (Å²) < 4.78 is 31.6. The van der Waals surface area contributed by atoms with Gasteiger partial charge in [-0.25, -0.2) is 13.2 Å². The molecular weight excluding hydrogens is 312 g/mol. The molecule has 0 amide bonds. The molecule has 0 aliphatic carbocycles. The summed E-state index contributed by atoms with van der Waals surface area (Å²) in [6, 6.07) is 4.20. The second-order valence-electron chi connectivity index (χ2n) is 4.62. The summed E-state index contributed by atoms with van der Waals surface area (Å²) in [5, 5.41) is 0. The summed E-state index contributed by atoms with van der Waals surface area (Å²) in [5.41, 5.74) is 6.00. The first kappa shape index (κ1) is 16.1. The van der Waals surface area contributed by atoms with Crippen LogP contribution in [0.15, 0.2) is 23.1 Å². The molecule has 0 spiro atoms. The van der Waals surface area contributed by atoms with Crippen molar-refractivity contribution in [2.45, 2.75) is 11.3 Å². The Hall–Kier alpha value is -1.25. The lowest BCUT2D eigenvalue weighted by Crippen LogP contribution is -2.34. The summed E-state index contributed by atoms with van der Waals surface area (Å²) in [7, 11) is -2.53. The fourth-order valence-electron chi connectivity index (χ4n) is 2.13. The van der Waals surface area contributed by atoms with Crippen LogP contribution in [0.5, 0.6) is 0 Å². The number of sulfonamides is 1. The molecule has 0 aromatic heterocycles. The number of nitrogens with two attached hydrogens (primary N) is 1. The van der Waals surface area contributed by atoms with E-state index in [2.05, 4.69) is 4.74 Å². The highest BCUT2D eigenvalue weighted by Crippen LogP contribution is 2.25. The minimum Gasteiger partial charge on any atom is -0.465 e. The Bertz CT molecular complexity index is 623. The second kappa shape index (κ2) is 6.67. The van der Waals surface area contributed by atoms with Crippen LogP contribution < -0.4 is 5.73 Å². The Morgan fingerprint density at radius 2 is 2.10 bits per heavy atom. The quantitative estimate of drug-likeness (QED) is 0.661. The molecule has 1 fully saturated rings. The average Bonchev–Trinajstić information content (AvgIpc) is 2.76.